The highest BCUT2D eigenvalue weighted by Gasteiger charge is 2.02. The molecule has 0 bridgehead atoms. The Morgan fingerprint density at radius 3 is 1.56 bits per heavy atom. The molecule has 0 unspecified atom stereocenters. The van der Waals surface area contributed by atoms with Gasteiger partial charge in [0.2, 0.25) is 0 Å². The van der Waals surface area contributed by atoms with Crippen molar-refractivity contribution in [2.45, 2.75) is 90.9 Å². The third-order valence-corrected chi connectivity index (χ3v) is 3.77. The number of hydrogen-bond donors (Lipinski definition) is 0. The minimum absolute atomic E-state index is 0.997. The Bertz CT molecular complexity index is 113. The van der Waals surface area contributed by atoms with E-state index < -0.39 is 0 Å². The van der Waals surface area contributed by atoms with Crippen LogP contribution in [0.5, 0.6) is 0 Å². The zero-order valence-electron chi connectivity index (χ0n) is 11.8. The summed E-state index contributed by atoms with van der Waals surface area (Å²) in [7, 11) is 0. The second-order valence-electron chi connectivity index (χ2n) is 5.15. The molecule has 0 aromatic heterocycles. The highest BCUT2D eigenvalue weighted by Crippen LogP contribution is 2.17. The van der Waals surface area contributed by atoms with Crippen molar-refractivity contribution in [3.05, 3.63) is 6.92 Å². The van der Waals surface area contributed by atoms with Crippen molar-refractivity contribution in [1.82, 2.24) is 0 Å². The van der Waals surface area contributed by atoms with Crippen LogP contribution in [0.3, 0.4) is 0 Å². The normalized spacial score (nSPS) is 11.2. The van der Waals surface area contributed by atoms with Crippen LogP contribution in [0.15, 0.2) is 0 Å². The molecule has 0 aliphatic rings. The molecule has 0 heteroatoms. The van der Waals surface area contributed by atoms with E-state index in [9.17, 15) is 0 Å². The lowest BCUT2D eigenvalue weighted by Crippen LogP contribution is -1.96. The zero-order valence-corrected chi connectivity index (χ0v) is 11.8. The molecule has 0 aromatic carbocycles. The molecule has 0 atom stereocenters. The Hall–Kier alpha value is 0. The molecule has 0 saturated heterocycles. The molecule has 0 N–H and O–H groups in total. The van der Waals surface area contributed by atoms with E-state index in [4.69, 9.17) is 0 Å². The van der Waals surface area contributed by atoms with Gasteiger partial charge in [-0.05, 0) is 5.92 Å². The molecule has 0 amide bonds. The molecular formula is C16H33. The third-order valence-electron chi connectivity index (χ3n) is 3.77. The van der Waals surface area contributed by atoms with Gasteiger partial charge < -0.3 is 0 Å². The van der Waals surface area contributed by atoms with Crippen LogP contribution < -0.4 is 0 Å². The maximum atomic E-state index is 3.88. The molecule has 97 valence electrons. The topological polar surface area (TPSA) is 0 Å². The predicted molar refractivity (Wildman–Crippen MR) is 75.6 cm³/mol. The molecule has 0 nitrogen and oxygen atoms in total. The highest BCUT2D eigenvalue weighted by atomic mass is 14.1. The van der Waals surface area contributed by atoms with Gasteiger partial charge in [-0.25, -0.2) is 0 Å². The highest BCUT2D eigenvalue weighted by molar-refractivity contribution is 4.55. The van der Waals surface area contributed by atoms with E-state index in [0.717, 1.165) is 12.3 Å². The summed E-state index contributed by atoms with van der Waals surface area (Å²) in [5.41, 5.74) is 0. The van der Waals surface area contributed by atoms with Gasteiger partial charge in [-0.3, -0.25) is 0 Å². The van der Waals surface area contributed by atoms with Crippen LogP contribution in [0, 0.1) is 12.8 Å². The van der Waals surface area contributed by atoms with E-state index in [1.165, 1.54) is 70.6 Å². The van der Waals surface area contributed by atoms with E-state index in [1.54, 1.807) is 0 Å². The molecule has 0 rings (SSSR count). The Morgan fingerprint density at radius 1 is 0.688 bits per heavy atom. The van der Waals surface area contributed by atoms with Crippen LogP contribution in [-0.2, 0) is 0 Å². The summed E-state index contributed by atoms with van der Waals surface area (Å²) >= 11 is 0. The number of rotatable bonds is 12. The van der Waals surface area contributed by atoms with Crippen molar-refractivity contribution in [3.63, 3.8) is 0 Å². The van der Waals surface area contributed by atoms with Crippen LogP contribution in [0.4, 0.5) is 0 Å². The van der Waals surface area contributed by atoms with Crippen LogP contribution in [-0.4, -0.2) is 0 Å². The average Bonchev–Trinajstić information content (AvgIpc) is 2.32. The van der Waals surface area contributed by atoms with E-state index in [-0.39, 0.29) is 0 Å². The van der Waals surface area contributed by atoms with Gasteiger partial charge in [0.15, 0.2) is 0 Å². The Kier molecular flexibility index (Phi) is 13.1. The molecule has 0 spiro atoms. The summed E-state index contributed by atoms with van der Waals surface area (Å²) in [6, 6.07) is 0. The van der Waals surface area contributed by atoms with Gasteiger partial charge in [0.05, 0.1) is 0 Å². The number of unbranched alkanes of at least 4 members (excludes halogenated alkanes) is 8. The second kappa shape index (κ2) is 13.1. The Morgan fingerprint density at radius 2 is 1.12 bits per heavy atom. The molecule has 0 fully saturated rings. The molecule has 0 aliphatic carbocycles. The average molecular weight is 225 g/mol. The van der Waals surface area contributed by atoms with Crippen molar-refractivity contribution in [2.24, 2.45) is 5.92 Å². The first-order chi connectivity index (χ1) is 7.85. The van der Waals surface area contributed by atoms with Gasteiger partial charge in [0.25, 0.3) is 0 Å². The summed E-state index contributed by atoms with van der Waals surface area (Å²) in [5.74, 6) is 0.997. The molecule has 16 heavy (non-hydrogen) atoms. The fourth-order valence-corrected chi connectivity index (χ4v) is 2.37. The molecule has 0 aromatic rings. The van der Waals surface area contributed by atoms with Gasteiger partial charge in [-0.1, -0.05) is 97.8 Å². The van der Waals surface area contributed by atoms with Crippen molar-refractivity contribution in [2.75, 3.05) is 0 Å². The van der Waals surface area contributed by atoms with Gasteiger partial charge >= 0.3 is 0 Å². The Labute approximate surface area is 104 Å². The first kappa shape index (κ1) is 16.0. The smallest absolute Gasteiger partial charge is 0.0420 e. The van der Waals surface area contributed by atoms with Gasteiger partial charge in [-0.2, -0.15) is 0 Å². The maximum absolute atomic E-state index is 3.88. The second-order valence-corrected chi connectivity index (χ2v) is 5.15. The fraction of sp³-hybridized carbons (Fsp3) is 0.938. The monoisotopic (exact) mass is 225 g/mol. The summed E-state index contributed by atoms with van der Waals surface area (Å²) in [5, 5.41) is 0. The first-order valence-electron chi connectivity index (χ1n) is 7.64. The van der Waals surface area contributed by atoms with E-state index in [1.807, 2.05) is 0 Å². The third kappa shape index (κ3) is 10.5. The van der Waals surface area contributed by atoms with Crippen LogP contribution >= 0.6 is 0 Å². The molecule has 0 saturated carbocycles. The molecule has 0 aliphatic heterocycles. The molecule has 1 radical (unpaired) electrons. The van der Waals surface area contributed by atoms with Gasteiger partial charge in [0, 0.05) is 0 Å². The van der Waals surface area contributed by atoms with Crippen molar-refractivity contribution in [3.8, 4) is 0 Å². The van der Waals surface area contributed by atoms with Crippen LogP contribution in [0.2, 0.25) is 0 Å². The lowest BCUT2D eigenvalue weighted by molar-refractivity contribution is 0.426. The summed E-state index contributed by atoms with van der Waals surface area (Å²) in [6.45, 7) is 8.54. The van der Waals surface area contributed by atoms with Crippen molar-refractivity contribution < 1.29 is 0 Å². The minimum atomic E-state index is 0.997. The van der Waals surface area contributed by atoms with Gasteiger partial charge in [0.1, 0.15) is 0 Å². The summed E-state index contributed by atoms with van der Waals surface area (Å²) < 4.78 is 0. The molecular weight excluding hydrogens is 192 g/mol. The van der Waals surface area contributed by atoms with Crippen molar-refractivity contribution >= 4 is 0 Å². The van der Waals surface area contributed by atoms with Crippen LogP contribution in [0.25, 0.3) is 0 Å². The summed E-state index contributed by atoms with van der Waals surface area (Å²) in [4.78, 5) is 0. The quantitative estimate of drug-likeness (QED) is 0.349. The SMILES string of the molecule is [CH2]CCCCCCCCCCC(CC)CC. The lowest BCUT2D eigenvalue weighted by atomic mass is 9.95. The lowest BCUT2D eigenvalue weighted by Gasteiger charge is -2.11. The van der Waals surface area contributed by atoms with E-state index >= 15 is 0 Å². The largest absolute Gasteiger partial charge is 0.0651 e. The standard InChI is InChI=1S/C16H33/c1-4-7-8-9-10-11-12-13-14-15-16(5-2)6-3/h16H,1,4-15H2,2-3H3. The Balaban J connectivity index is 3.03. The number of hydrogen-bond acceptors (Lipinski definition) is 0. The zero-order chi connectivity index (χ0) is 12.1. The summed E-state index contributed by atoms with van der Waals surface area (Å²) in [6.07, 6.45) is 16.8. The van der Waals surface area contributed by atoms with Gasteiger partial charge in [-0.15, -0.1) is 0 Å². The maximum Gasteiger partial charge on any atom is -0.0420 e. The van der Waals surface area contributed by atoms with E-state index in [2.05, 4.69) is 20.8 Å². The van der Waals surface area contributed by atoms with E-state index in [0.29, 0.717) is 0 Å². The predicted octanol–water partition coefficient (Wildman–Crippen LogP) is 6.16. The fourth-order valence-electron chi connectivity index (χ4n) is 2.37. The minimum Gasteiger partial charge on any atom is -0.0651 e. The molecule has 0 heterocycles. The van der Waals surface area contributed by atoms with Crippen molar-refractivity contribution in [1.29, 1.82) is 0 Å². The van der Waals surface area contributed by atoms with Crippen LogP contribution in [0.1, 0.15) is 90.9 Å². The first-order valence-corrected chi connectivity index (χ1v) is 7.64.